The average Bonchev–Trinajstić information content (AvgIpc) is 3.40. The highest BCUT2D eigenvalue weighted by atomic mass is 15.0. The normalized spacial score (nSPS) is 20.0. The molecule has 3 nitrogen and oxygen atoms in total. The van der Waals surface area contributed by atoms with Crippen LogP contribution in [0.25, 0.3) is 0 Å². The summed E-state index contributed by atoms with van der Waals surface area (Å²) in [6.45, 7) is 9.78. The quantitative estimate of drug-likeness (QED) is 0.483. The summed E-state index contributed by atoms with van der Waals surface area (Å²) < 4.78 is 0. The van der Waals surface area contributed by atoms with Crippen molar-refractivity contribution in [1.29, 1.82) is 0 Å². The van der Waals surface area contributed by atoms with Gasteiger partial charge in [0.2, 0.25) is 0 Å². The van der Waals surface area contributed by atoms with Gasteiger partial charge in [-0.2, -0.15) is 0 Å². The lowest BCUT2D eigenvalue weighted by Gasteiger charge is -2.28. The van der Waals surface area contributed by atoms with E-state index in [1.54, 1.807) is 0 Å². The van der Waals surface area contributed by atoms with Crippen LogP contribution in [0.5, 0.6) is 0 Å². The molecule has 1 fully saturated rings. The summed E-state index contributed by atoms with van der Waals surface area (Å²) >= 11 is 0. The highest BCUT2D eigenvalue weighted by Crippen LogP contribution is 2.28. The Hall–Kier alpha value is -1.06. The molecule has 3 heteroatoms. The fourth-order valence-corrected chi connectivity index (χ4v) is 3.08. The Kier molecular flexibility index (Phi) is 7.90. The van der Waals surface area contributed by atoms with Gasteiger partial charge in [0.1, 0.15) is 0 Å². The first-order valence-electron chi connectivity index (χ1n) is 9.37. The van der Waals surface area contributed by atoms with Gasteiger partial charge in [0.05, 0.1) is 0 Å². The molecule has 2 aliphatic rings. The Morgan fingerprint density at radius 1 is 1.35 bits per heavy atom. The fraction of sp³-hybridized carbons (Fsp3) is 0.700. The van der Waals surface area contributed by atoms with Gasteiger partial charge in [-0.3, -0.25) is 0 Å². The van der Waals surface area contributed by atoms with E-state index in [2.05, 4.69) is 47.7 Å². The first-order chi connectivity index (χ1) is 11.2. The molecule has 2 aliphatic carbocycles. The zero-order valence-electron chi connectivity index (χ0n) is 15.0. The van der Waals surface area contributed by atoms with E-state index in [1.807, 2.05) is 7.05 Å². The molecule has 0 aromatic carbocycles. The van der Waals surface area contributed by atoms with Gasteiger partial charge in [0.25, 0.3) is 0 Å². The Bertz CT molecular complexity index is 421. The molecule has 1 saturated carbocycles. The molecule has 0 aromatic rings. The predicted octanol–water partition coefficient (Wildman–Crippen LogP) is 3.37. The van der Waals surface area contributed by atoms with E-state index < -0.39 is 0 Å². The van der Waals surface area contributed by atoms with Gasteiger partial charge in [-0.15, -0.1) is 0 Å². The topological polar surface area (TPSA) is 36.1 Å². The first-order valence-corrected chi connectivity index (χ1v) is 9.37. The lowest BCUT2D eigenvalue weighted by Crippen LogP contribution is -2.40. The molecule has 2 rings (SSSR count). The Balaban J connectivity index is 1.81. The van der Waals surface area contributed by atoms with Crippen molar-refractivity contribution in [2.75, 3.05) is 26.7 Å². The number of hydrogen-bond acceptors (Lipinski definition) is 3. The van der Waals surface area contributed by atoms with Crippen LogP contribution in [-0.2, 0) is 0 Å². The number of hydrogen-bond donors (Lipinski definition) is 3. The van der Waals surface area contributed by atoms with E-state index in [9.17, 15) is 0 Å². The standard InChI is InChI=1S/C20H35N3/c1-16(17(2)22-14-19-11-12-19)20(10-7-13-21-3)23-15-18-8-5-4-6-9-18/h5,8-9,16,19-23H,2,4,6-7,10-15H2,1,3H3. The third-order valence-electron chi connectivity index (χ3n) is 5.05. The van der Waals surface area contributed by atoms with Crippen LogP contribution in [0.2, 0.25) is 0 Å². The molecular formula is C20H35N3. The fourth-order valence-electron chi connectivity index (χ4n) is 3.08. The van der Waals surface area contributed by atoms with Crippen LogP contribution in [0.4, 0.5) is 0 Å². The molecule has 0 aromatic heterocycles. The molecule has 23 heavy (non-hydrogen) atoms. The van der Waals surface area contributed by atoms with E-state index in [4.69, 9.17) is 0 Å². The smallest absolute Gasteiger partial charge is 0.0205 e. The molecule has 0 spiro atoms. The predicted molar refractivity (Wildman–Crippen MR) is 100 cm³/mol. The minimum atomic E-state index is 0.457. The summed E-state index contributed by atoms with van der Waals surface area (Å²) in [5.41, 5.74) is 2.63. The van der Waals surface area contributed by atoms with Crippen LogP contribution >= 0.6 is 0 Å². The monoisotopic (exact) mass is 317 g/mol. The number of rotatable bonds is 12. The second kappa shape index (κ2) is 9.94. The summed E-state index contributed by atoms with van der Waals surface area (Å²) in [6, 6.07) is 0.485. The summed E-state index contributed by atoms with van der Waals surface area (Å²) in [5, 5.41) is 10.6. The van der Waals surface area contributed by atoms with E-state index >= 15 is 0 Å². The third kappa shape index (κ3) is 6.92. The van der Waals surface area contributed by atoms with Gasteiger partial charge in [-0.1, -0.05) is 31.7 Å². The Morgan fingerprint density at radius 2 is 2.17 bits per heavy atom. The zero-order chi connectivity index (χ0) is 16.5. The maximum atomic E-state index is 4.30. The van der Waals surface area contributed by atoms with Crippen molar-refractivity contribution in [3.05, 3.63) is 36.1 Å². The maximum absolute atomic E-state index is 4.30. The molecule has 3 N–H and O–H groups in total. The maximum Gasteiger partial charge on any atom is 0.0205 e. The minimum Gasteiger partial charge on any atom is -0.388 e. The third-order valence-corrected chi connectivity index (χ3v) is 5.05. The number of nitrogens with one attached hydrogen (secondary N) is 3. The van der Waals surface area contributed by atoms with Crippen molar-refractivity contribution in [2.45, 2.75) is 51.5 Å². The summed E-state index contributed by atoms with van der Waals surface area (Å²) in [6.07, 6.45) is 14.4. The van der Waals surface area contributed by atoms with Crippen molar-refractivity contribution in [2.24, 2.45) is 11.8 Å². The number of allylic oxidation sites excluding steroid dienone is 2. The Morgan fingerprint density at radius 3 is 2.83 bits per heavy atom. The van der Waals surface area contributed by atoms with Crippen LogP contribution < -0.4 is 16.0 Å². The minimum absolute atomic E-state index is 0.457. The molecule has 0 aliphatic heterocycles. The van der Waals surface area contributed by atoms with Crippen LogP contribution in [0, 0.1) is 11.8 Å². The molecule has 2 atom stereocenters. The second-order valence-electron chi connectivity index (χ2n) is 7.13. The molecule has 0 saturated heterocycles. The van der Waals surface area contributed by atoms with Gasteiger partial charge in [-0.05, 0) is 63.6 Å². The van der Waals surface area contributed by atoms with E-state index in [-0.39, 0.29) is 0 Å². The molecule has 0 radical (unpaired) electrons. The highest BCUT2D eigenvalue weighted by molar-refractivity contribution is 5.23. The van der Waals surface area contributed by atoms with Gasteiger partial charge in [0, 0.05) is 30.7 Å². The molecular weight excluding hydrogens is 282 g/mol. The Labute approximate surface area is 142 Å². The molecule has 0 amide bonds. The van der Waals surface area contributed by atoms with Crippen molar-refractivity contribution >= 4 is 0 Å². The highest BCUT2D eigenvalue weighted by Gasteiger charge is 2.23. The summed E-state index contributed by atoms with van der Waals surface area (Å²) in [7, 11) is 2.03. The van der Waals surface area contributed by atoms with Crippen LogP contribution in [0.3, 0.4) is 0 Å². The largest absolute Gasteiger partial charge is 0.388 e. The van der Waals surface area contributed by atoms with E-state index in [0.29, 0.717) is 12.0 Å². The van der Waals surface area contributed by atoms with Crippen LogP contribution in [0.1, 0.15) is 45.4 Å². The van der Waals surface area contributed by atoms with Crippen molar-refractivity contribution in [1.82, 2.24) is 16.0 Å². The van der Waals surface area contributed by atoms with Crippen LogP contribution in [0.15, 0.2) is 36.1 Å². The summed E-state index contributed by atoms with van der Waals surface area (Å²) in [4.78, 5) is 0. The first kappa shape index (κ1) is 18.3. The molecule has 130 valence electrons. The average molecular weight is 318 g/mol. The van der Waals surface area contributed by atoms with E-state index in [1.165, 1.54) is 49.8 Å². The van der Waals surface area contributed by atoms with Gasteiger partial charge in [-0.25, -0.2) is 0 Å². The molecule has 2 unspecified atom stereocenters. The lowest BCUT2D eigenvalue weighted by molar-refractivity contribution is 0.380. The van der Waals surface area contributed by atoms with Crippen LogP contribution in [-0.4, -0.2) is 32.7 Å². The van der Waals surface area contributed by atoms with Crippen molar-refractivity contribution < 1.29 is 0 Å². The SMILES string of the molecule is C=C(NCC1CC1)C(C)C(CCCNC)NCC1=CCCC=C1. The lowest BCUT2D eigenvalue weighted by atomic mass is 9.94. The molecule has 0 heterocycles. The zero-order valence-corrected chi connectivity index (χ0v) is 15.0. The van der Waals surface area contributed by atoms with Gasteiger partial charge < -0.3 is 16.0 Å². The summed E-state index contributed by atoms with van der Waals surface area (Å²) in [5.74, 6) is 1.35. The van der Waals surface area contributed by atoms with Gasteiger partial charge >= 0.3 is 0 Å². The van der Waals surface area contributed by atoms with Gasteiger partial charge in [0.15, 0.2) is 0 Å². The van der Waals surface area contributed by atoms with Crippen molar-refractivity contribution in [3.8, 4) is 0 Å². The van der Waals surface area contributed by atoms with Crippen molar-refractivity contribution in [3.63, 3.8) is 0 Å². The second-order valence-corrected chi connectivity index (χ2v) is 7.13. The van der Waals surface area contributed by atoms with E-state index in [0.717, 1.165) is 25.6 Å². The molecule has 0 bridgehead atoms.